The molecule has 288 valence electrons. The zero-order valence-corrected chi connectivity index (χ0v) is 31.6. The Morgan fingerprint density at radius 3 is 1.93 bits per heavy atom. The second-order valence-corrected chi connectivity index (χ2v) is 14.4. The lowest BCUT2D eigenvalue weighted by molar-refractivity contribution is -0.145. The van der Waals surface area contributed by atoms with Crippen molar-refractivity contribution in [2.45, 2.75) is 38.7 Å². The standard InChI is InChI=1S/C43H45ClF3N5O3/c1-32(53)49-25-27-50(28-26-49)39-18-11-36(12-19-39)31-52(41(54)20-13-33-7-14-37(15-8-33)43(45,46)47)40(29-34-5-3-2-4-6-34)42(55)51-23-21-48(22-24-51)30-35-9-16-38(44)17-10-35/h2-20,40H,21-31H2,1H3/b20-13+/t40-/m0/s1. The van der Waals surface area contributed by atoms with Crippen LogP contribution in [0.2, 0.25) is 5.02 Å². The molecule has 0 unspecified atom stereocenters. The van der Waals surface area contributed by atoms with Crippen LogP contribution in [0.4, 0.5) is 18.9 Å². The molecule has 0 N–H and O–H groups in total. The van der Waals surface area contributed by atoms with Crippen molar-refractivity contribution in [3.05, 3.63) is 142 Å². The molecule has 2 saturated heterocycles. The maximum absolute atomic E-state index is 14.6. The minimum Gasteiger partial charge on any atom is -0.368 e. The highest BCUT2D eigenvalue weighted by Crippen LogP contribution is 2.29. The Kier molecular flexibility index (Phi) is 12.9. The number of hydrogen-bond donors (Lipinski definition) is 0. The van der Waals surface area contributed by atoms with Gasteiger partial charge in [0.25, 0.3) is 0 Å². The number of rotatable bonds is 11. The molecule has 2 fully saturated rings. The highest BCUT2D eigenvalue weighted by atomic mass is 35.5. The fourth-order valence-electron chi connectivity index (χ4n) is 7.03. The predicted molar refractivity (Wildman–Crippen MR) is 209 cm³/mol. The summed E-state index contributed by atoms with van der Waals surface area (Å²) in [6.45, 7) is 7.45. The summed E-state index contributed by atoms with van der Waals surface area (Å²) in [6, 6.07) is 29.0. The average molecular weight is 772 g/mol. The van der Waals surface area contributed by atoms with Crippen molar-refractivity contribution in [2.75, 3.05) is 57.3 Å². The Morgan fingerprint density at radius 1 is 0.727 bits per heavy atom. The van der Waals surface area contributed by atoms with Crippen LogP contribution in [0, 0.1) is 0 Å². The fraction of sp³-hybridized carbons (Fsp3) is 0.326. The molecule has 12 heteroatoms. The molecule has 2 aliphatic rings. The first-order chi connectivity index (χ1) is 26.4. The maximum atomic E-state index is 14.6. The molecule has 0 bridgehead atoms. The van der Waals surface area contributed by atoms with E-state index in [0.717, 1.165) is 41.1 Å². The minimum absolute atomic E-state index is 0.0616. The zero-order chi connectivity index (χ0) is 39.0. The number of piperazine rings is 2. The summed E-state index contributed by atoms with van der Waals surface area (Å²) >= 11 is 6.08. The van der Waals surface area contributed by atoms with E-state index < -0.39 is 23.7 Å². The van der Waals surface area contributed by atoms with Crippen LogP contribution >= 0.6 is 11.6 Å². The number of alkyl halides is 3. The Morgan fingerprint density at radius 2 is 1.33 bits per heavy atom. The molecule has 0 radical (unpaired) electrons. The van der Waals surface area contributed by atoms with Gasteiger partial charge in [-0.3, -0.25) is 19.3 Å². The first-order valence-electron chi connectivity index (χ1n) is 18.5. The largest absolute Gasteiger partial charge is 0.416 e. The highest BCUT2D eigenvalue weighted by molar-refractivity contribution is 6.30. The summed E-state index contributed by atoms with van der Waals surface area (Å²) in [6.07, 6.45) is -1.37. The minimum atomic E-state index is -4.47. The van der Waals surface area contributed by atoms with E-state index in [9.17, 15) is 27.6 Å². The van der Waals surface area contributed by atoms with Gasteiger partial charge in [0.15, 0.2) is 0 Å². The Labute approximate surface area is 325 Å². The van der Waals surface area contributed by atoms with Crippen LogP contribution in [-0.2, 0) is 40.1 Å². The molecule has 0 saturated carbocycles. The number of nitrogens with zero attached hydrogens (tertiary/aromatic N) is 5. The number of amides is 3. The molecule has 1 atom stereocenters. The van der Waals surface area contributed by atoms with Crippen molar-refractivity contribution >= 4 is 41.1 Å². The van der Waals surface area contributed by atoms with Crippen LogP contribution in [0.15, 0.2) is 109 Å². The zero-order valence-electron chi connectivity index (χ0n) is 30.8. The number of carbonyl (C=O) groups is 3. The van der Waals surface area contributed by atoms with E-state index >= 15 is 0 Å². The van der Waals surface area contributed by atoms with Gasteiger partial charge in [-0.2, -0.15) is 13.2 Å². The predicted octanol–water partition coefficient (Wildman–Crippen LogP) is 7.03. The van der Waals surface area contributed by atoms with E-state index in [0.29, 0.717) is 62.9 Å². The van der Waals surface area contributed by atoms with Gasteiger partial charge in [0, 0.05) is 95.6 Å². The second-order valence-electron chi connectivity index (χ2n) is 14.0. The van der Waals surface area contributed by atoms with Gasteiger partial charge in [-0.05, 0) is 64.7 Å². The van der Waals surface area contributed by atoms with E-state index in [1.54, 1.807) is 11.8 Å². The highest BCUT2D eigenvalue weighted by Gasteiger charge is 2.34. The Hall–Kier alpha value is -5.13. The van der Waals surface area contributed by atoms with Crippen molar-refractivity contribution in [1.82, 2.24) is 19.6 Å². The molecule has 55 heavy (non-hydrogen) atoms. The van der Waals surface area contributed by atoms with E-state index in [-0.39, 0.29) is 24.8 Å². The lowest BCUT2D eigenvalue weighted by atomic mass is 10.0. The van der Waals surface area contributed by atoms with Gasteiger partial charge >= 0.3 is 6.18 Å². The van der Waals surface area contributed by atoms with E-state index in [1.807, 2.05) is 88.7 Å². The first kappa shape index (κ1) is 39.6. The van der Waals surface area contributed by atoms with Crippen LogP contribution in [0.3, 0.4) is 0 Å². The van der Waals surface area contributed by atoms with Crippen LogP contribution in [0.5, 0.6) is 0 Å². The summed E-state index contributed by atoms with van der Waals surface area (Å²) in [5.74, 6) is -0.530. The first-order valence-corrected chi connectivity index (χ1v) is 18.9. The molecule has 0 aromatic heterocycles. The molecule has 0 spiro atoms. The number of benzene rings is 4. The van der Waals surface area contributed by atoms with E-state index in [1.165, 1.54) is 24.3 Å². The van der Waals surface area contributed by atoms with Crippen LogP contribution in [0.1, 0.15) is 34.7 Å². The Balaban J connectivity index is 1.25. The molecule has 8 nitrogen and oxygen atoms in total. The number of carbonyl (C=O) groups excluding carboxylic acids is 3. The van der Waals surface area contributed by atoms with Gasteiger partial charge in [0.1, 0.15) is 6.04 Å². The fourth-order valence-corrected chi connectivity index (χ4v) is 7.16. The number of anilines is 1. The van der Waals surface area contributed by atoms with Gasteiger partial charge in [-0.1, -0.05) is 78.3 Å². The molecule has 3 amide bonds. The van der Waals surface area contributed by atoms with Gasteiger partial charge in [-0.15, -0.1) is 0 Å². The molecular formula is C43H45ClF3N5O3. The Bertz CT molecular complexity index is 1920. The van der Waals surface area contributed by atoms with Crippen LogP contribution < -0.4 is 4.90 Å². The lowest BCUT2D eigenvalue weighted by Gasteiger charge is -2.39. The lowest BCUT2D eigenvalue weighted by Crippen LogP contribution is -2.56. The molecule has 0 aliphatic carbocycles. The van der Waals surface area contributed by atoms with Gasteiger partial charge < -0.3 is 19.6 Å². The molecule has 2 aliphatic heterocycles. The molecule has 4 aromatic carbocycles. The van der Waals surface area contributed by atoms with Crippen molar-refractivity contribution in [3.63, 3.8) is 0 Å². The monoisotopic (exact) mass is 771 g/mol. The van der Waals surface area contributed by atoms with Crippen molar-refractivity contribution in [2.24, 2.45) is 0 Å². The van der Waals surface area contributed by atoms with Crippen LogP contribution in [0.25, 0.3) is 6.08 Å². The third kappa shape index (κ3) is 10.8. The van der Waals surface area contributed by atoms with E-state index in [2.05, 4.69) is 9.80 Å². The second kappa shape index (κ2) is 18.0. The third-order valence-electron chi connectivity index (χ3n) is 10.3. The quantitative estimate of drug-likeness (QED) is 0.154. The third-order valence-corrected chi connectivity index (χ3v) is 10.5. The summed E-state index contributed by atoms with van der Waals surface area (Å²) in [7, 11) is 0. The summed E-state index contributed by atoms with van der Waals surface area (Å²) in [5, 5.41) is 0.678. The maximum Gasteiger partial charge on any atom is 0.416 e. The topological polar surface area (TPSA) is 67.4 Å². The van der Waals surface area contributed by atoms with Crippen molar-refractivity contribution in [3.8, 4) is 0 Å². The van der Waals surface area contributed by atoms with Crippen molar-refractivity contribution < 1.29 is 27.6 Å². The SMILES string of the molecule is CC(=O)N1CCN(c2ccc(CN(C(=O)/C=C/c3ccc(C(F)(F)F)cc3)[C@@H](Cc3ccccc3)C(=O)N3CCN(Cc4ccc(Cl)cc4)CC3)cc2)CC1. The average Bonchev–Trinajstić information content (AvgIpc) is 3.19. The van der Waals surface area contributed by atoms with E-state index in [4.69, 9.17) is 11.6 Å². The number of hydrogen-bond acceptors (Lipinski definition) is 5. The summed E-state index contributed by atoms with van der Waals surface area (Å²) < 4.78 is 39.6. The summed E-state index contributed by atoms with van der Waals surface area (Å²) in [4.78, 5) is 50.5. The van der Waals surface area contributed by atoms with Crippen molar-refractivity contribution in [1.29, 1.82) is 0 Å². The molecule has 2 heterocycles. The molecular weight excluding hydrogens is 727 g/mol. The summed E-state index contributed by atoms with van der Waals surface area (Å²) in [5.41, 5.74) is 3.50. The smallest absolute Gasteiger partial charge is 0.368 e. The van der Waals surface area contributed by atoms with Gasteiger partial charge in [-0.25, -0.2) is 0 Å². The molecule has 6 rings (SSSR count). The molecule has 4 aromatic rings. The number of halogens is 4. The van der Waals surface area contributed by atoms with Crippen LogP contribution in [-0.4, -0.2) is 95.7 Å². The normalized spacial score (nSPS) is 16.0. The van der Waals surface area contributed by atoms with Gasteiger partial charge in [0.2, 0.25) is 17.7 Å². The van der Waals surface area contributed by atoms with Gasteiger partial charge in [0.05, 0.1) is 5.56 Å².